The molecule has 0 saturated carbocycles. The predicted octanol–water partition coefficient (Wildman–Crippen LogP) is 2.71. The van der Waals surface area contributed by atoms with Gasteiger partial charge in [0.2, 0.25) is 0 Å². The summed E-state index contributed by atoms with van der Waals surface area (Å²) in [5, 5.41) is 9.22. The van der Waals surface area contributed by atoms with Crippen LogP contribution in [-0.4, -0.2) is 34.5 Å². The van der Waals surface area contributed by atoms with E-state index < -0.39 is 0 Å². The Morgan fingerprint density at radius 2 is 1.92 bits per heavy atom. The molecule has 0 spiro atoms. The number of methoxy groups -OCH3 is 1. The van der Waals surface area contributed by atoms with Gasteiger partial charge in [0.25, 0.3) is 0 Å². The molecule has 0 saturated heterocycles. The van der Waals surface area contributed by atoms with Crippen LogP contribution in [0.4, 0.5) is 0 Å². The van der Waals surface area contributed by atoms with Gasteiger partial charge in [0.05, 0.1) is 23.3 Å². The zero-order valence-corrected chi connectivity index (χ0v) is 13.9. The fourth-order valence-electron chi connectivity index (χ4n) is 2.88. The Morgan fingerprint density at radius 3 is 2.67 bits per heavy atom. The zero-order chi connectivity index (χ0) is 16.8. The molecule has 0 aliphatic rings. The van der Waals surface area contributed by atoms with Crippen LogP contribution in [0.1, 0.15) is 5.69 Å². The van der Waals surface area contributed by atoms with E-state index in [9.17, 15) is 0 Å². The topological polar surface area (TPSA) is 52.3 Å². The second kappa shape index (κ2) is 5.49. The number of ether oxygens (including phenoxy) is 1. The highest BCUT2D eigenvalue weighted by atomic mass is 35.5. The number of aryl methyl sites for hydroxylation is 1. The van der Waals surface area contributed by atoms with Gasteiger partial charge in [-0.25, -0.2) is 4.98 Å². The molecule has 116 valence electrons. The average molecular weight is 335 g/mol. The van der Waals surface area contributed by atoms with Crippen LogP contribution in [0.5, 0.6) is 5.75 Å². The van der Waals surface area contributed by atoms with E-state index in [0.717, 1.165) is 22.3 Å². The number of rotatable bonds is 2. The normalized spacial score (nSPS) is 11.3. The van der Waals surface area contributed by atoms with Gasteiger partial charge in [0, 0.05) is 5.56 Å². The lowest BCUT2D eigenvalue weighted by Gasteiger charge is -2.13. The van der Waals surface area contributed by atoms with Gasteiger partial charge in [-0.05, 0) is 25.1 Å². The molecule has 0 N–H and O–H groups in total. The van der Waals surface area contributed by atoms with Gasteiger partial charge < -0.3 is 4.74 Å². The van der Waals surface area contributed by atoms with Gasteiger partial charge >= 0.3 is 0 Å². The van der Waals surface area contributed by atoms with E-state index in [0.29, 0.717) is 27.7 Å². The molecule has 2 aromatic carbocycles. The Bertz CT molecular complexity index is 1090. The number of fused-ring (bicyclic) bond motifs is 3. The average Bonchev–Trinajstić information content (AvgIpc) is 3.01. The molecule has 0 atom stereocenters. The summed E-state index contributed by atoms with van der Waals surface area (Å²) >= 11 is 6.36. The number of hydrogen-bond donors (Lipinski definition) is 0. The summed E-state index contributed by atoms with van der Waals surface area (Å²) in [7, 11) is 7.66. The van der Waals surface area contributed by atoms with E-state index in [1.54, 1.807) is 13.2 Å². The minimum Gasteiger partial charge on any atom is -0.495 e. The Kier molecular flexibility index (Phi) is 3.42. The molecule has 2 radical (unpaired) electrons. The number of benzene rings is 2. The van der Waals surface area contributed by atoms with Crippen LogP contribution in [-0.2, 0) is 0 Å². The number of hydrogen-bond acceptors (Lipinski definition) is 4. The number of halogens is 1. The van der Waals surface area contributed by atoms with E-state index >= 15 is 0 Å². The van der Waals surface area contributed by atoms with Gasteiger partial charge in [-0.1, -0.05) is 35.3 Å². The number of nitrogens with zero attached hydrogens (tertiary/aromatic N) is 4. The highest BCUT2D eigenvalue weighted by Gasteiger charge is 2.19. The minimum absolute atomic E-state index is 0.524. The zero-order valence-electron chi connectivity index (χ0n) is 13.1. The molecule has 0 aliphatic carbocycles. The van der Waals surface area contributed by atoms with Crippen LogP contribution < -0.4 is 10.2 Å². The van der Waals surface area contributed by atoms with E-state index in [2.05, 4.69) is 15.2 Å². The summed E-state index contributed by atoms with van der Waals surface area (Å²) < 4.78 is 7.42. The molecular formula is C17H12BClN4O. The highest BCUT2D eigenvalue weighted by Crippen LogP contribution is 2.31. The van der Waals surface area contributed by atoms with Gasteiger partial charge in [-0.3, -0.25) is 4.40 Å². The molecule has 0 fully saturated rings. The highest BCUT2D eigenvalue weighted by molar-refractivity contribution is 6.35. The van der Waals surface area contributed by atoms with E-state index in [-0.39, 0.29) is 0 Å². The van der Waals surface area contributed by atoms with Crippen molar-refractivity contribution in [3.8, 4) is 17.1 Å². The van der Waals surface area contributed by atoms with Crippen LogP contribution in [0.2, 0.25) is 5.02 Å². The molecule has 0 amide bonds. The van der Waals surface area contributed by atoms with Gasteiger partial charge in [0.1, 0.15) is 19.1 Å². The van der Waals surface area contributed by atoms with Crippen molar-refractivity contribution < 1.29 is 4.74 Å². The standard InChI is InChI=1S/C17H12BClN4O/c1-9-16-21-22-17(10-5-3-4-6-12(10)19)23(16)14-13(20-9)8-7-11(18)15(14)24-2/h3-8H,1-2H3. The van der Waals surface area contributed by atoms with Crippen LogP contribution in [0.25, 0.3) is 28.1 Å². The monoisotopic (exact) mass is 334 g/mol. The van der Waals surface area contributed by atoms with Crippen molar-refractivity contribution in [1.29, 1.82) is 0 Å². The Hall–Kier alpha value is -2.60. The van der Waals surface area contributed by atoms with E-state index in [1.807, 2.05) is 41.7 Å². The van der Waals surface area contributed by atoms with Gasteiger partial charge in [0.15, 0.2) is 11.5 Å². The molecule has 24 heavy (non-hydrogen) atoms. The smallest absolute Gasteiger partial charge is 0.183 e. The summed E-state index contributed by atoms with van der Waals surface area (Å²) in [6.07, 6.45) is 0. The fraction of sp³-hybridized carbons (Fsp3) is 0.118. The van der Waals surface area contributed by atoms with Crippen molar-refractivity contribution >= 4 is 41.6 Å². The fourth-order valence-corrected chi connectivity index (χ4v) is 3.10. The summed E-state index contributed by atoms with van der Waals surface area (Å²) in [5.41, 5.74) is 4.18. The van der Waals surface area contributed by atoms with Crippen LogP contribution in [0.15, 0.2) is 36.4 Å². The quantitative estimate of drug-likeness (QED) is 0.529. The maximum atomic E-state index is 6.36. The third-order valence-electron chi connectivity index (χ3n) is 3.96. The third-order valence-corrected chi connectivity index (χ3v) is 4.29. The maximum absolute atomic E-state index is 6.36. The molecule has 2 heterocycles. The molecule has 4 rings (SSSR count). The molecule has 0 bridgehead atoms. The Morgan fingerprint density at radius 1 is 1.12 bits per heavy atom. The molecule has 7 heteroatoms. The molecule has 5 nitrogen and oxygen atoms in total. The van der Waals surface area contributed by atoms with Crippen molar-refractivity contribution in [2.45, 2.75) is 6.92 Å². The van der Waals surface area contributed by atoms with Crippen molar-refractivity contribution in [3.05, 3.63) is 47.1 Å². The first-order valence-electron chi connectivity index (χ1n) is 7.34. The Labute approximate surface area is 144 Å². The summed E-state index contributed by atoms with van der Waals surface area (Å²) in [5.74, 6) is 1.16. The Balaban J connectivity index is 2.24. The van der Waals surface area contributed by atoms with Gasteiger partial charge in [-0.2, -0.15) is 0 Å². The summed E-state index contributed by atoms with van der Waals surface area (Å²) in [4.78, 5) is 4.59. The molecule has 2 aromatic heterocycles. The van der Waals surface area contributed by atoms with Crippen LogP contribution >= 0.6 is 11.6 Å². The first kappa shape index (κ1) is 15.0. The van der Waals surface area contributed by atoms with Crippen molar-refractivity contribution in [2.75, 3.05) is 7.11 Å². The molecule has 0 aliphatic heterocycles. The lowest BCUT2D eigenvalue weighted by Crippen LogP contribution is -2.10. The largest absolute Gasteiger partial charge is 0.495 e. The minimum atomic E-state index is 0.524. The predicted molar refractivity (Wildman–Crippen MR) is 95.4 cm³/mol. The maximum Gasteiger partial charge on any atom is 0.183 e. The first-order chi connectivity index (χ1) is 11.6. The lowest BCUT2D eigenvalue weighted by molar-refractivity contribution is 0.422. The molecule has 0 unspecified atom stereocenters. The van der Waals surface area contributed by atoms with E-state index in [1.165, 1.54) is 0 Å². The SMILES string of the molecule is [B]c1ccc2nc(C)c3nnc(-c4ccccc4Cl)n3c2c1OC. The van der Waals surface area contributed by atoms with Crippen LogP contribution in [0.3, 0.4) is 0 Å². The summed E-state index contributed by atoms with van der Waals surface area (Å²) in [6, 6.07) is 11.1. The van der Waals surface area contributed by atoms with Crippen LogP contribution in [0, 0.1) is 6.92 Å². The van der Waals surface area contributed by atoms with Crippen molar-refractivity contribution in [3.63, 3.8) is 0 Å². The second-order valence-electron chi connectivity index (χ2n) is 5.42. The molecule has 4 aromatic rings. The molecular weight excluding hydrogens is 322 g/mol. The van der Waals surface area contributed by atoms with Crippen molar-refractivity contribution in [1.82, 2.24) is 19.6 Å². The first-order valence-corrected chi connectivity index (χ1v) is 7.72. The summed E-state index contributed by atoms with van der Waals surface area (Å²) in [6.45, 7) is 1.89. The lowest BCUT2D eigenvalue weighted by atomic mass is 9.94. The van der Waals surface area contributed by atoms with E-state index in [4.69, 9.17) is 24.2 Å². The van der Waals surface area contributed by atoms with Crippen molar-refractivity contribution in [2.24, 2.45) is 0 Å². The second-order valence-corrected chi connectivity index (χ2v) is 5.82. The van der Waals surface area contributed by atoms with Gasteiger partial charge in [-0.15, -0.1) is 10.2 Å². The number of aromatic nitrogens is 4. The third kappa shape index (κ3) is 2.07.